The summed E-state index contributed by atoms with van der Waals surface area (Å²) in [6, 6.07) is 2.23. The van der Waals surface area contributed by atoms with Crippen LogP contribution in [0.1, 0.15) is 32.1 Å². The van der Waals surface area contributed by atoms with E-state index in [1.54, 1.807) is 0 Å². The summed E-state index contributed by atoms with van der Waals surface area (Å²) in [4.78, 5) is 26.5. The Hall–Kier alpha value is -2.27. The number of aromatic nitrogens is 1. The van der Waals surface area contributed by atoms with Gasteiger partial charge in [0.1, 0.15) is 11.8 Å². The fraction of sp³-hybridized carbons (Fsp3) is 0.600. The zero-order valence-corrected chi connectivity index (χ0v) is 15.5. The Kier molecular flexibility index (Phi) is 6.48. The van der Waals surface area contributed by atoms with Crippen molar-refractivity contribution in [3.63, 3.8) is 0 Å². The molecule has 0 aliphatic heterocycles. The van der Waals surface area contributed by atoms with Crippen LogP contribution in [0.4, 0.5) is 11.5 Å². The fourth-order valence-electron chi connectivity index (χ4n) is 2.83. The molecule has 0 spiro atoms. The highest BCUT2D eigenvalue weighted by Gasteiger charge is 2.33. The van der Waals surface area contributed by atoms with E-state index < -0.39 is 26.7 Å². The third-order valence-electron chi connectivity index (χ3n) is 3.95. The number of anilines is 1. The monoisotopic (exact) mass is 386 g/mol. The summed E-state index contributed by atoms with van der Waals surface area (Å²) in [5, 5.41) is 13.6. The maximum atomic E-state index is 12.3. The summed E-state index contributed by atoms with van der Waals surface area (Å²) < 4.78 is 30.7. The molecule has 11 heteroatoms. The van der Waals surface area contributed by atoms with Gasteiger partial charge in [0.25, 0.3) is 5.91 Å². The molecule has 0 aromatic carbocycles. The van der Waals surface area contributed by atoms with E-state index in [9.17, 15) is 23.3 Å². The summed E-state index contributed by atoms with van der Waals surface area (Å²) in [6.45, 7) is -0.229. The molecule has 1 amide bonds. The van der Waals surface area contributed by atoms with Crippen molar-refractivity contribution in [2.75, 3.05) is 24.2 Å². The lowest BCUT2D eigenvalue weighted by molar-refractivity contribution is -0.389. The highest BCUT2D eigenvalue weighted by Crippen LogP contribution is 2.33. The van der Waals surface area contributed by atoms with E-state index in [0.717, 1.165) is 44.4 Å². The molecule has 144 valence electrons. The lowest BCUT2D eigenvalue weighted by Gasteiger charge is -2.24. The molecule has 0 bridgehead atoms. The molecule has 2 rings (SSSR count). The van der Waals surface area contributed by atoms with Crippen LogP contribution in [-0.2, 0) is 14.8 Å². The Balaban J connectivity index is 2.49. The van der Waals surface area contributed by atoms with Gasteiger partial charge in [-0.15, -0.1) is 0 Å². The molecule has 1 saturated carbocycles. The van der Waals surface area contributed by atoms with Crippen molar-refractivity contribution >= 4 is 27.4 Å². The zero-order valence-electron chi connectivity index (χ0n) is 14.7. The number of nitrogens with zero attached hydrogens (tertiary/aromatic N) is 3. The summed E-state index contributed by atoms with van der Waals surface area (Å²) in [7, 11) is -2.48. The molecule has 1 fully saturated rings. The molecule has 1 aromatic heterocycles. The van der Waals surface area contributed by atoms with Crippen molar-refractivity contribution in [2.24, 2.45) is 0 Å². The average molecular weight is 386 g/mol. The van der Waals surface area contributed by atoms with E-state index in [2.05, 4.69) is 10.3 Å². The minimum atomic E-state index is -3.98. The topological polar surface area (TPSA) is 132 Å². The first kappa shape index (κ1) is 20.0. The molecule has 1 N–H and O–H groups in total. The number of rotatable bonds is 7. The maximum absolute atomic E-state index is 12.3. The molecule has 0 radical (unpaired) electrons. The summed E-state index contributed by atoms with van der Waals surface area (Å²) in [5.41, 5.74) is -0.121. The molecule has 0 saturated heterocycles. The first-order valence-electron chi connectivity index (χ1n) is 8.24. The number of sulfonamides is 1. The third kappa shape index (κ3) is 4.88. The molecule has 1 aliphatic rings. The minimum Gasteiger partial charge on any atom is -0.455 e. The zero-order chi connectivity index (χ0) is 19.3. The number of nitrogens with one attached hydrogen (secondary N) is 1. The van der Waals surface area contributed by atoms with Gasteiger partial charge in [-0.25, -0.2) is 8.42 Å². The Morgan fingerprint density at radius 1 is 1.38 bits per heavy atom. The first-order valence-corrected chi connectivity index (χ1v) is 10.1. The number of carbonyl (C=O) groups excluding carboxylic acids is 1. The predicted octanol–water partition coefficient (Wildman–Crippen LogP) is 1.21. The Bertz CT molecular complexity index is 776. The minimum absolute atomic E-state index is 0.121. The van der Waals surface area contributed by atoms with E-state index in [0.29, 0.717) is 4.31 Å². The van der Waals surface area contributed by atoms with Crippen LogP contribution in [0.3, 0.4) is 0 Å². The average Bonchev–Trinajstić information content (AvgIpc) is 2.56. The molecule has 10 nitrogen and oxygen atoms in total. The summed E-state index contributed by atoms with van der Waals surface area (Å²) in [5.74, 6) is -1.44. The molecule has 0 unspecified atom stereocenters. The van der Waals surface area contributed by atoms with Crippen molar-refractivity contribution in [1.82, 2.24) is 10.3 Å². The van der Waals surface area contributed by atoms with E-state index in [-0.39, 0.29) is 24.2 Å². The van der Waals surface area contributed by atoms with Gasteiger partial charge in [0.05, 0.1) is 12.8 Å². The number of hydrogen-bond donors (Lipinski definition) is 1. The second kappa shape index (κ2) is 8.41. The highest BCUT2D eigenvalue weighted by atomic mass is 32.2. The quantitative estimate of drug-likeness (QED) is 0.546. The van der Waals surface area contributed by atoms with Crippen molar-refractivity contribution in [3.05, 3.63) is 22.2 Å². The van der Waals surface area contributed by atoms with Crippen LogP contribution in [0.2, 0.25) is 0 Å². The summed E-state index contributed by atoms with van der Waals surface area (Å²) in [6.07, 6.45) is 5.11. The SMILES string of the molecule is CNCC(=O)N(c1ccc([N+](=O)[O-])nc1OC1CCCCC1)S(C)(=O)=O. The Labute approximate surface area is 151 Å². The predicted molar refractivity (Wildman–Crippen MR) is 94.6 cm³/mol. The molecule has 1 heterocycles. The lowest BCUT2D eigenvalue weighted by Crippen LogP contribution is -2.41. The smallest absolute Gasteiger partial charge is 0.367 e. The maximum Gasteiger partial charge on any atom is 0.367 e. The van der Waals surface area contributed by atoms with Gasteiger partial charge in [0.15, 0.2) is 0 Å². The fourth-order valence-corrected chi connectivity index (χ4v) is 3.76. The number of hydrogen-bond acceptors (Lipinski definition) is 8. The molecular formula is C15H22N4O6S. The van der Waals surface area contributed by atoms with E-state index in [1.807, 2.05) is 0 Å². The Morgan fingerprint density at radius 2 is 2.04 bits per heavy atom. The molecular weight excluding hydrogens is 364 g/mol. The van der Waals surface area contributed by atoms with Crippen LogP contribution in [-0.4, -0.2) is 50.2 Å². The largest absolute Gasteiger partial charge is 0.455 e. The van der Waals surface area contributed by atoms with Crippen LogP contribution in [0.15, 0.2) is 12.1 Å². The van der Waals surface area contributed by atoms with Gasteiger partial charge in [-0.05, 0) is 43.7 Å². The normalized spacial score (nSPS) is 15.5. The van der Waals surface area contributed by atoms with Gasteiger partial charge in [0, 0.05) is 11.1 Å². The lowest BCUT2D eigenvalue weighted by atomic mass is 9.98. The van der Waals surface area contributed by atoms with Crippen LogP contribution in [0.5, 0.6) is 5.88 Å². The second-order valence-electron chi connectivity index (χ2n) is 6.08. The van der Waals surface area contributed by atoms with Gasteiger partial charge < -0.3 is 20.2 Å². The number of likely N-dealkylation sites (N-methyl/N-ethyl adjacent to an activating group) is 1. The van der Waals surface area contributed by atoms with E-state index in [1.165, 1.54) is 13.1 Å². The standard InChI is InChI=1S/C15H22N4O6S/c1-16-10-14(20)18(26(2,23)24)12-8-9-13(19(21)22)17-15(12)25-11-6-4-3-5-7-11/h8-9,11,16H,3-7,10H2,1-2H3. The molecule has 0 atom stereocenters. The number of ether oxygens (including phenoxy) is 1. The first-order chi connectivity index (χ1) is 12.2. The number of amides is 1. The third-order valence-corrected chi connectivity index (χ3v) is 5.01. The van der Waals surface area contributed by atoms with Gasteiger partial charge in [-0.1, -0.05) is 6.42 Å². The van der Waals surface area contributed by atoms with E-state index in [4.69, 9.17) is 4.74 Å². The Morgan fingerprint density at radius 3 is 2.58 bits per heavy atom. The molecule has 1 aromatic rings. The van der Waals surface area contributed by atoms with Crippen molar-refractivity contribution in [3.8, 4) is 5.88 Å². The number of nitro groups is 1. The van der Waals surface area contributed by atoms with Gasteiger partial charge in [0.2, 0.25) is 10.0 Å². The summed E-state index contributed by atoms with van der Waals surface area (Å²) >= 11 is 0. The van der Waals surface area contributed by atoms with E-state index >= 15 is 0 Å². The van der Waals surface area contributed by atoms with Gasteiger partial charge in [-0.2, -0.15) is 4.31 Å². The van der Waals surface area contributed by atoms with Crippen LogP contribution < -0.4 is 14.4 Å². The van der Waals surface area contributed by atoms with Crippen LogP contribution >= 0.6 is 0 Å². The van der Waals surface area contributed by atoms with Gasteiger partial charge in [-0.3, -0.25) is 4.79 Å². The highest BCUT2D eigenvalue weighted by molar-refractivity contribution is 7.92. The van der Waals surface area contributed by atoms with Crippen molar-refractivity contribution in [1.29, 1.82) is 0 Å². The second-order valence-corrected chi connectivity index (χ2v) is 7.91. The molecule has 1 aliphatic carbocycles. The van der Waals surface area contributed by atoms with Gasteiger partial charge >= 0.3 is 11.7 Å². The number of pyridine rings is 1. The van der Waals surface area contributed by atoms with Crippen LogP contribution in [0, 0.1) is 10.1 Å². The van der Waals surface area contributed by atoms with Crippen molar-refractivity contribution < 1.29 is 22.9 Å². The van der Waals surface area contributed by atoms with Crippen LogP contribution in [0.25, 0.3) is 0 Å². The number of carbonyl (C=O) groups is 1. The van der Waals surface area contributed by atoms with Crippen molar-refractivity contribution in [2.45, 2.75) is 38.2 Å². The molecule has 26 heavy (non-hydrogen) atoms.